The highest BCUT2D eigenvalue weighted by Gasteiger charge is 2.08. The van der Waals surface area contributed by atoms with Crippen LogP contribution in [0.15, 0.2) is 66.7 Å². The number of fused-ring (bicyclic) bond motifs is 3. The van der Waals surface area contributed by atoms with Crippen molar-refractivity contribution in [1.29, 1.82) is 0 Å². The molecule has 4 rings (SSSR count). The molecular weight excluding hydrogens is 336 g/mol. The highest BCUT2D eigenvalue weighted by molar-refractivity contribution is 6.33. The van der Waals surface area contributed by atoms with E-state index >= 15 is 0 Å². The molecule has 0 aliphatic carbocycles. The van der Waals surface area contributed by atoms with Crippen LogP contribution in [0.3, 0.4) is 0 Å². The summed E-state index contributed by atoms with van der Waals surface area (Å²) in [5, 5.41) is 5.53. The van der Waals surface area contributed by atoms with E-state index < -0.39 is 0 Å². The molecule has 0 aliphatic heterocycles. The normalized spacial score (nSPS) is 10.9. The predicted octanol–water partition coefficient (Wildman–Crippen LogP) is 4.99. The van der Waals surface area contributed by atoms with Crippen LogP contribution in [0.5, 0.6) is 5.75 Å². The molecule has 3 aromatic carbocycles. The minimum atomic E-state index is -0.259. The van der Waals surface area contributed by atoms with Gasteiger partial charge in [-0.2, -0.15) is 0 Å². The largest absolute Gasteiger partial charge is 0.484 e. The number of nitrogens with one attached hydrogen (secondary N) is 2. The molecule has 1 aromatic heterocycles. The van der Waals surface area contributed by atoms with Gasteiger partial charge in [0.05, 0.1) is 16.2 Å². The van der Waals surface area contributed by atoms with Crippen molar-refractivity contribution in [1.82, 2.24) is 4.98 Å². The Labute approximate surface area is 149 Å². The first kappa shape index (κ1) is 15.5. The van der Waals surface area contributed by atoms with Crippen LogP contribution in [0, 0.1) is 0 Å². The Morgan fingerprint density at radius 3 is 2.60 bits per heavy atom. The van der Waals surface area contributed by atoms with Gasteiger partial charge in [0.1, 0.15) is 5.75 Å². The Balaban J connectivity index is 1.48. The molecule has 1 amide bonds. The maximum Gasteiger partial charge on any atom is 0.262 e. The molecule has 5 heteroatoms. The lowest BCUT2D eigenvalue weighted by atomic mass is 10.1. The number of carbonyl (C=O) groups excluding carboxylic acids is 1. The second-order valence-electron chi connectivity index (χ2n) is 5.69. The number of hydrogen-bond acceptors (Lipinski definition) is 2. The molecule has 0 spiro atoms. The monoisotopic (exact) mass is 350 g/mol. The lowest BCUT2D eigenvalue weighted by molar-refractivity contribution is -0.118. The van der Waals surface area contributed by atoms with Crippen molar-refractivity contribution in [3.05, 3.63) is 71.8 Å². The standard InChI is InChI=1S/C20H15ClN2O2/c21-16-6-2-4-8-18(16)23-20(24)12-25-13-9-10-15-14-5-1-3-7-17(14)22-19(15)11-13/h1-11,22H,12H2,(H,23,24). The molecule has 4 nitrogen and oxygen atoms in total. The average Bonchev–Trinajstić information content (AvgIpc) is 3.00. The van der Waals surface area contributed by atoms with Crippen molar-refractivity contribution in [2.24, 2.45) is 0 Å². The number of aromatic nitrogens is 1. The SMILES string of the molecule is O=C(COc1ccc2c(c1)[nH]c1ccccc12)Nc1ccccc1Cl. The van der Waals surface area contributed by atoms with Crippen LogP contribution in [-0.4, -0.2) is 17.5 Å². The predicted molar refractivity (Wildman–Crippen MR) is 101 cm³/mol. The molecule has 0 bridgehead atoms. The van der Waals surface area contributed by atoms with Crippen molar-refractivity contribution < 1.29 is 9.53 Å². The van der Waals surface area contributed by atoms with Crippen LogP contribution in [0.1, 0.15) is 0 Å². The molecule has 1 heterocycles. The summed E-state index contributed by atoms with van der Waals surface area (Å²) < 4.78 is 5.61. The third-order valence-electron chi connectivity index (χ3n) is 4.00. The first-order chi connectivity index (χ1) is 12.2. The van der Waals surface area contributed by atoms with E-state index in [-0.39, 0.29) is 12.5 Å². The molecule has 25 heavy (non-hydrogen) atoms. The minimum Gasteiger partial charge on any atom is -0.484 e. The third-order valence-corrected chi connectivity index (χ3v) is 4.33. The Morgan fingerprint density at radius 1 is 0.960 bits per heavy atom. The van der Waals surface area contributed by atoms with E-state index in [4.69, 9.17) is 16.3 Å². The highest BCUT2D eigenvalue weighted by atomic mass is 35.5. The number of ether oxygens (including phenoxy) is 1. The van der Waals surface area contributed by atoms with Gasteiger partial charge >= 0.3 is 0 Å². The van der Waals surface area contributed by atoms with Crippen LogP contribution in [0.2, 0.25) is 5.02 Å². The maximum atomic E-state index is 12.0. The highest BCUT2D eigenvalue weighted by Crippen LogP contribution is 2.28. The van der Waals surface area contributed by atoms with Crippen LogP contribution in [0.25, 0.3) is 21.8 Å². The fraction of sp³-hybridized carbons (Fsp3) is 0.0500. The van der Waals surface area contributed by atoms with E-state index in [1.807, 2.05) is 48.5 Å². The van der Waals surface area contributed by atoms with Crippen molar-refractivity contribution in [3.63, 3.8) is 0 Å². The fourth-order valence-corrected chi connectivity index (χ4v) is 3.00. The Morgan fingerprint density at radius 2 is 1.72 bits per heavy atom. The number of H-pyrrole nitrogens is 1. The second-order valence-corrected chi connectivity index (χ2v) is 6.10. The third kappa shape index (κ3) is 3.16. The summed E-state index contributed by atoms with van der Waals surface area (Å²) in [6.45, 7) is -0.0864. The van der Waals surface area contributed by atoms with Crippen LogP contribution in [-0.2, 0) is 4.79 Å². The van der Waals surface area contributed by atoms with E-state index in [2.05, 4.69) is 16.4 Å². The fourth-order valence-electron chi connectivity index (χ4n) is 2.82. The molecule has 0 atom stereocenters. The Hall–Kier alpha value is -2.98. The number of aromatic amines is 1. The van der Waals surface area contributed by atoms with E-state index in [0.29, 0.717) is 16.5 Å². The van der Waals surface area contributed by atoms with Crippen molar-refractivity contribution in [3.8, 4) is 5.75 Å². The van der Waals surface area contributed by atoms with Gasteiger partial charge in [-0.1, -0.05) is 41.9 Å². The molecule has 0 saturated heterocycles. The van der Waals surface area contributed by atoms with Gasteiger partial charge in [0.15, 0.2) is 6.61 Å². The van der Waals surface area contributed by atoms with E-state index in [1.165, 1.54) is 5.39 Å². The smallest absolute Gasteiger partial charge is 0.262 e. The van der Waals surface area contributed by atoms with Crippen LogP contribution >= 0.6 is 11.6 Å². The first-order valence-electron chi connectivity index (χ1n) is 7.88. The molecule has 0 aliphatic rings. The summed E-state index contributed by atoms with van der Waals surface area (Å²) in [5.41, 5.74) is 2.63. The zero-order valence-corrected chi connectivity index (χ0v) is 14.0. The summed E-state index contributed by atoms with van der Waals surface area (Å²) in [6.07, 6.45) is 0. The minimum absolute atomic E-state index is 0.0864. The average molecular weight is 351 g/mol. The maximum absolute atomic E-state index is 12.0. The number of amides is 1. The van der Waals surface area contributed by atoms with E-state index in [1.54, 1.807) is 12.1 Å². The Kier molecular flexibility index (Phi) is 4.04. The number of rotatable bonds is 4. The van der Waals surface area contributed by atoms with Crippen molar-refractivity contribution >= 4 is 45.0 Å². The summed E-state index contributed by atoms with van der Waals surface area (Å²) in [4.78, 5) is 15.4. The van der Waals surface area contributed by atoms with Gasteiger partial charge in [-0.25, -0.2) is 0 Å². The molecule has 2 N–H and O–H groups in total. The van der Waals surface area contributed by atoms with E-state index in [0.717, 1.165) is 16.4 Å². The van der Waals surface area contributed by atoms with Gasteiger partial charge in [0.2, 0.25) is 0 Å². The molecule has 0 radical (unpaired) electrons. The second kappa shape index (κ2) is 6.49. The molecule has 0 saturated carbocycles. The molecular formula is C20H15ClN2O2. The number of benzene rings is 3. The Bertz CT molecular complexity index is 1070. The number of halogens is 1. The van der Waals surface area contributed by atoms with Gasteiger partial charge in [-0.15, -0.1) is 0 Å². The summed E-state index contributed by atoms with van der Waals surface area (Å²) in [7, 11) is 0. The number of para-hydroxylation sites is 2. The van der Waals surface area contributed by atoms with Gasteiger partial charge < -0.3 is 15.0 Å². The lowest BCUT2D eigenvalue weighted by Gasteiger charge is -2.08. The number of anilines is 1. The summed E-state index contributed by atoms with van der Waals surface area (Å²) in [6, 6.07) is 21.0. The lowest BCUT2D eigenvalue weighted by Crippen LogP contribution is -2.20. The van der Waals surface area contributed by atoms with Gasteiger partial charge in [-0.3, -0.25) is 4.79 Å². The zero-order valence-electron chi connectivity index (χ0n) is 13.3. The molecule has 124 valence electrons. The van der Waals surface area contributed by atoms with E-state index in [9.17, 15) is 4.79 Å². The zero-order chi connectivity index (χ0) is 17.2. The molecule has 4 aromatic rings. The topological polar surface area (TPSA) is 54.1 Å². The number of hydrogen-bond donors (Lipinski definition) is 2. The van der Waals surface area contributed by atoms with Gasteiger partial charge in [0, 0.05) is 22.4 Å². The summed E-state index contributed by atoms with van der Waals surface area (Å²) >= 11 is 6.03. The van der Waals surface area contributed by atoms with Crippen LogP contribution in [0.4, 0.5) is 5.69 Å². The molecule has 0 fully saturated rings. The summed E-state index contributed by atoms with van der Waals surface area (Å²) in [5.74, 6) is 0.373. The van der Waals surface area contributed by atoms with Crippen molar-refractivity contribution in [2.45, 2.75) is 0 Å². The van der Waals surface area contributed by atoms with Gasteiger partial charge in [0.25, 0.3) is 5.91 Å². The molecule has 0 unspecified atom stereocenters. The van der Waals surface area contributed by atoms with Gasteiger partial charge in [-0.05, 0) is 30.3 Å². The quantitative estimate of drug-likeness (QED) is 0.544. The van der Waals surface area contributed by atoms with Crippen molar-refractivity contribution in [2.75, 3.05) is 11.9 Å². The first-order valence-corrected chi connectivity index (χ1v) is 8.26. The van der Waals surface area contributed by atoms with Crippen LogP contribution < -0.4 is 10.1 Å². The number of carbonyl (C=O) groups is 1.